The second-order valence-electron chi connectivity index (χ2n) is 7.59. The van der Waals surface area contributed by atoms with Gasteiger partial charge in [-0.15, -0.1) is 0 Å². The number of carbonyl (C=O) groups excluding carboxylic acids is 1. The number of thiazole rings is 1. The number of benzene rings is 2. The van der Waals surface area contributed by atoms with Gasteiger partial charge in [-0.05, 0) is 68.1 Å². The number of aryl methyl sites for hydroxylation is 2. The number of carbonyl (C=O) groups is 1. The number of fused-ring (bicyclic) bond motifs is 1. The quantitative estimate of drug-likeness (QED) is 0.612. The van der Waals surface area contributed by atoms with E-state index in [-0.39, 0.29) is 17.3 Å². The van der Waals surface area contributed by atoms with Crippen molar-refractivity contribution >= 4 is 54.2 Å². The first-order valence-electron chi connectivity index (χ1n) is 9.68. The van der Waals surface area contributed by atoms with Crippen molar-refractivity contribution in [3.05, 3.63) is 52.5 Å². The van der Waals surface area contributed by atoms with Crippen LogP contribution in [0.5, 0.6) is 0 Å². The lowest BCUT2D eigenvalue weighted by atomic mass is 9.99. The molecule has 1 fully saturated rings. The molecule has 0 saturated carbocycles. The number of aromatic nitrogens is 1. The third-order valence-electron chi connectivity index (χ3n) is 5.27. The summed E-state index contributed by atoms with van der Waals surface area (Å²) in [5.74, 6) is -0.616. The van der Waals surface area contributed by atoms with Crippen molar-refractivity contribution in [1.29, 1.82) is 0 Å². The molecule has 1 amide bonds. The van der Waals surface area contributed by atoms with Gasteiger partial charge >= 0.3 is 0 Å². The Morgan fingerprint density at radius 1 is 1.23 bits per heavy atom. The van der Waals surface area contributed by atoms with E-state index < -0.39 is 15.9 Å². The Labute approximate surface area is 184 Å². The summed E-state index contributed by atoms with van der Waals surface area (Å²) < 4.78 is 28.3. The number of amides is 1. The highest BCUT2D eigenvalue weighted by Gasteiger charge is 2.33. The molecule has 1 saturated heterocycles. The van der Waals surface area contributed by atoms with E-state index in [0.717, 1.165) is 21.3 Å². The predicted molar refractivity (Wildman–Crippen MR) is 121 cm³/mol. The number of nitrogens with one attached hydrogen (secondary N) is 1. The second kappa shape index (κ2) is 8.26. The molecule has 2 heterocycles. The standard InChI is InChI=1S/C21H22ClN3O3S2/c1-13-10-14(2)19-18(11-13)29-21(23-19)24-20(26)15-4-3-9-25(12-15)30(27,28)17-7-5-16(22)6-8-17/h5-8,10-11,15H,3-4,9,12H2,1-2H3,(H,23,24,26). The van der Waals surface area contributed by atoms with Crippen molar-refractivity contribution in [2.45, 2.75) is 31.6 Å². The van der Waals surface area contributed by atoms with Crippen LogP contribution in [0.3, 0.4) is 0 Å². The van der Waals surface area contributed by atoms with Crippen LogP contribution in [0.1, 0.15) is 24.0 Å². The third-order valence-corrected chi connectivity index (χ3v) is 8.32. The van der Waals surface area contributed by atoms with Crippen molar-refractivity contribution in [1.82, 2.24) is 9.29 Å². The number of nitrogens with zero attached hydrogens (tertiary/aromatic N) is 2. The molecule has 6 nitrogen and oxygen atoms in total. The summed E-state index contributed by atoms with van der Waals surface area (Å²) >= 11 is 7.31. The van der Waals surface area contributed by atoms with E-state index in [1.54, 1.807) is 12.1 Å². The molecule has 2 aromatic carbocycles. The maximum Gasteiger partial charge on any atom is 0.243 e. The third kappa shape index (κ3) is 4.23. The van der Waals surface area contributed by atoms with Crippen LogP contribution in [0.4, 0.5) is 5.13 Å². The van der Waals surface area contributed by atoms with Crippen LogP contribution in [0.25, 0.3) is 10.2 Å². The molecule has 4 rings (SSSR count). The van der Waals surface area contributed by atoms with E-state index in [0.29, 0.717) is 29.5 Å². The van der Waals surface area contributed by atoms with Gasteiger partial charge in [-0.2, -0.15) is 4.31 Å². The number of sulfonamides is 1. The minimum atomic E-state index is -3.67. The Hall–Kier alpha value is -2.00. The molecule has 1 N–H and O–H groups in total. The highest BCUT2D eigenvalue weighted by Crippen LogP contribution is 2.31. The van der Waals surface area contributed by atoms with Crippen LogP contribution >= 0.6 is 22.9 Å². The van der Waals surface area contributed by atoms with Gasteiger partial charge in [0, 0.05) is 18.1 Å². The maximum atomic E-state index is 13.0. The van der Waals surface area contributed by atoms with Gasteiger partial charge in [0.05, 0.1) is 21.0 Å². The monoisotopic (exact) mass is 463 g/mol. The molecular formula is C21H22ClN3O3S2. The first kappa shape index (κ1) is 21.2. The molecule has 9 heteroatoms. The second-order valence-corrected chi connectivity index (χ2v) is 11.0. The molecule has 0 aliphatic carbocycles. The lowest BCUT2D eigenvalue weighted by Gasteiger charge is -2.31. The van der Waals surface area contributed by atoms with Crippen LogP contribution in [0.15, 0.2) is 41.3 Å². The topological polar surface area (TPSA) is 79.4 Å². The number of hydrogen-bond acceptors (Lipinski definition) is 5. The summed E-state index contributed by atoms with van der Waals surface area (Å²) in [5, 5.41) is 3.92. The minimum absolute atomic E-state index is 0.153. The number of hydrogen-bond donors (Lipinski definition) is 1. The summed E-state index contributed by atoms with van der Waals surface area (Å²) in [4.78, 5) is 17.6. The zero-order valence-electron chi connectivity index (χ0n) is 16.7. The highest BCUT2D eigenvalue weighted by atomic mass is 35.5. The van der Waals surface area contributed by atoms with Crippen LogP contribution in [-0.2, 0) is 14.8 Å². The first-order valence-corrected chi connectivity index (χ1v) is 12.3. The van der Waals surface area contributed by atoms with Crippen LogP contribution < -0.4 is 5.32 Å². The summed E-state index contributed by atoms with van der Waals surface area (Å²) in [6.45, 7) is 4.58. The molecule has 0 radical (unpaired) electrons. The van der Waals surface area contributed by atoms with Crippen molar-refractivity contribution in [3.63, 3.8) is 0 Å². The average molecular weight is 464 g/mol. The maximum absolute atomic E-state index is 13.0. The summed E-state index contributed by atoms with van der Waals surface area (Å²) in [6.07, 6.45) is 1.27. The summed E-state index contributed by atoms with van der Waals surface area (Å²) in [6, 6.07) is 10.2. The van der Waals surface area contributed by atoms with E-state index in [9.17, 15) is 13.2 Å². The minimum Gasteiger partial charge on any atom is -0.302 e. The van der Waals surface area contributed by atoms with E-state index in [4.69, 9.17) is 11.6 Å². The molecule has 3 aromatic rings. The van der Waals surface area contributed by atoms with E-state index in [2.05, 4.69) is 22.4 Å². The molecule has 1 aliphatic rings. The smallest absolute Gasteiger partial charge is 0.243 e. The van der Waals surface area contributed by atoms with Crippen molar-refractivity contribution < 1.29 is 13.2 Å². The van der Waals surface area contributed by atoms with E-state index in [1.807, 2.05) is 13.8 Å². The van der Waals surface area contributed by atoms with Gasteiger partial charge < -0.3 is 5.32 Å². The number of anilines is 1. The van der Waals surface area contributed by atoms with Gasteiger partial charge in [0.15, 0.2) is 5.13 Å². The Kier molecular flexibility index (Phi) is 5.85. The zero-order valence-corrected chi connectivity index (χ0v) is 19.1. The molecule has 0 spiro atoms. The lowest BCUT2D eigenvalue weighted by Crippen LogP contribution is -2.43. The molecule has 0 bridgehead atoms. The molecule has 1 aliphatic heterocycles. The lowest BCUT2D eigenvalue weighted by molar-refractivity contribution is -0.120. The normalized spacial score (nSPS) is 17.9. The molecular weight excluding hydrogens is 442 g/mol. The molecule has 1 atom stereocenters. The Balaban J connectivity index is 1.50. The number of piperidine rings is 1. The predicted octanol–water partition coefficient (Wildman–Crippen LogP) is 4.61. The Morgan fingerprint density at radius 2 is 1.97 bits per heavy atom. The van der Waals surface area contributed by atoms with Gasteiger partial charge in [0.1, 0.15) is 0 Å². The van der Waals surface area contributed by atoms with E-state index >= 15 is 0 Å². The van der Waals surface area contributed by atoms with Crippen molar-refractivity contribution in [2.75, 3.05) is 18.4 Å². The summed E-state index contributed by atoms with van der Waals surface area (Å²) in [5.41, 5.74) is 3.10. The Morgan fingerprint density at radius 3 is 2.70 bits per heavy atom. The number of rotatable bonds is 4. The van der Waals surface area contributed by atoms with Crippen LogP contribution in [0, 0.1) is 19.8 Å². The first-order chi connectivity index (χ1) is 14.2. The molecule has 30 heavy (non-hydrogen) atoms. The molecule has 158 valence electrons. The van der Waals surface area contributed by atoms with Gasteiger partial charge in [0.25, 0.3) is 0 Å². The highest BCUT2D eigenvalue weighted by molar-refractivity contribution is 7.89. The van der Waals surface area contributed by atoms with Gasteiger partial charge in [-0.3, -0.25) is 4.79 Å². The fourth-order valence-corrected chi connectivity index (χ4v) is 6.46. The van der Waals surface area contributed by atoms with Crippen LogP contribution in [-0.4, -0.2) is 36.7 Å². The van der Waals surface area contributed by atoms with Gasteiger partial charge in [0.2, 0.25) is 15.9 Å². The van der Waals surface area contributed by atoms with Crippen molar-refractivity contribution in [3.8, 4) is 0 Å². The largest absolute Gasteiger partial charge is 0.302 e. The number of halogens is 1. The SMILES string of the molecule is Cc1cc(C)c2nc(NC(=O)C3CCCN(S(=O)(=O)c4ccc(Cl)cc4)C3)sc2c1. The fraction of sp³-hybridized carbons (Fsp3) is 0.333. The molecule has 1 unspecified atom stereocenters. The molecule has 1 aromatic heterocycles. The van der Waals surface area contributed by atoms with Crippen LogP contribution in [0.2, 0.25) is 5.02 Å². The summed E-state index contributed by atoms with van der Waals surface area (Å²) in [7, 11) is -3.67. The zero-order chi connectivity index (χ0) is 21.5. The van der Waals surface area contributed by atoms with Crippen molar-refractivity contribution in [2.24, 2.45) is 5.92 Å². The van der Waals surface area contributed by atoms with Gasteiger partial charge in [-0.25, -0.2) is 13.4 Å². The van der Waals surface area contributed by atoms with Gasteiger partial charge in [-0.1, -0.05) is 29.0 Å². The Bertz CT molecular complexity index is 1210. The fourth-order valence-electron chi connectivity index (χ4n) is 3.76. The average Bonchev–Trinajstić information content (AvgIpc) is 3.11. The van der Waals surface area contributed by atoms with E-state index in [1.165, 1.54) is 27.8 Å².